The maximum absolute atomic E-state index is 12.0. The van der Waals surface area contributed by atoms with Crippen LogP contribution < -0.4 is 15.8 Å². The van der Waals surface area contributed by atoms with Crippen molar-refractivity contribution in [1.82, 2.24) is 10.2 Å². The molecule has 0 atom stereocenters. The second-order valence-electron chi connectivity index (χ2n) is 4.72. The number of hydrogen-bond donors (Lipinski definition) is 2. The fourth-order valence-corrected chi connectivity index (χ4v) is 1.56. The molecule has 132 valence electrons. The van der Waals surface area contributed by atoms with Gasteiger partial charge in [0.1, 0.15) is 5.75 Å². The van der Waals surface area contributed by atoms with Gasteiger partial charge in [-0.2, -0.15) is 0 Å². The topological polar surface area (TPSA) is 62.9 Å². The summed E-state index contributed by atoms with van der Waals surface area (Å²) < 4.78 is 39.9. The van der Waals surface area contributed by atoms with Gasteiger partial charge in [-0.3, -0.25) is 0 Å². The summed E-state index contributed by atoms with van der Waals surface area (Å²) in [5, 5.41) is 2.97. The van der Waals surface area contributed by atoms with Gasteiger partial charge in [0.05, 0.1) is 6.54 Å². The zero-order valence-corrected chi connectivity index (χ0v) is 15.4. The number of hydrogen-bond acceptors (Lipinski definition) is 3. The van der Waals surface area contributed by atoms with Crippen molar-refractivity contribution >= 4 is 29.9 Å². The Labute approximate surface area is 151 Å². The highest BCUT2D eigenvalue weighted by molar-refractivity contribution is 14.0. The molecule has 23 heavy (non-hydrogen) atoms. The van der Waals surface area contributed by atoms with Crippen molar-refractivity contribution in [2.45, 2.75) is 19.8 Å². The molecular weight excluding hydrogens is 424 g/mol. The number of guanidine groups is 1. The lowest BCUT2D eigenvalue weighted by Gasteiger charge is -2.14. The van der Waals surface area contributed by atoms with Crippen LogP contribution in [0.25, 0.3) is 0 Å². The third-order valence-corrected chi connectivity index (χ3v) is 2.93. The van der Waals surface area contributed by atoms with Gasteiger partial charge >= 0.3 is 6.36 Å². The van der Waals surface area contributed by atoms with Gasteiger partial charge in [0.25, 0.3) is 0 Å². The molecule has 3 N–H and O–H groups in total. The molecule has 1 aromatic rings. The standard InChI is InChI=1S/C14H21F3N4O.HI/c1-3-21(2)9-8-19-13(18)20-10-11-4-6-12(7-5-11)22-14(15,16)17;/h4-7H,3,8-10H2,1-2H3,(H3,18,19,20);1H. The summed E-state index contributed by atoms with van der Waals surface area (Å²) in [6, 6.07) is 5.53. The summed E-state index contributed by atoms with van der Waals surface area (Å²) in [4.78, 5) is 6.25. The van der Waals surface area contributed by atoms with E-state index in [1.807, 2.05) is 7.05 Å². The van der Waals surface area contributed by atoms with Gasteiger partial charge in [0.2, 0.25) is 0 Å². The van der Waals surface area contributed by atoms with Gasteiger partial charge in [0, 0.05) is 13.1 Å². The van der Waals surface area contributed by atoms with Crippen LogP contribution in [0.1, 0.15) is 12.5 Å². The van der Waals surface area contributed by atoms with Crippen LogP contribution >= 0.6 is 24.0 Å². The molecule has 0 heterocycles. The lowest BCUT2D eigenvalue weighted by atomic mass is 10.2. The van der Waals surface area contributed by atoms with Crippen LogP contribution in [0.4, 0.5) is 13.2 Å². The minimum atomic E-state index is -4.68. The van der Waals surface area contributed by atoms with Crippen LogP contribution in [-0.4, -0.2) is 43.9 Å². The average Bonchev–Trinajstić information content (AvgIpc) is 2.44. The highest BCUT2D eigenvalue weighted by atomic mass is 127. The second kappa shape index (κ2) is 10.5. The lowest BCUT2D eigenvalue weighted by Crippen LogP contribution is -2.37. The number of nitrogens with zero attached hydrogens (tertiary/aromatic N) is 2. The molecule has 0 spiro atoms. The Morgan fingerprint density at radius 1 is 1.30 bits per heavy atom. The van der Waals surface area contributed by atoms with Crippen LogP contribution in [0.5, 0.6) is 5.75 Å². The van der Waals surface area contributed by atoms with E-state index in [9.17, 15) is 13.2 Å². The molecule has 0 amide bonds. The van der Waals surface area contributed by atoms with Crippen molar-refractivity contribution in [3.63, 3.8) is 0 Å². The SMILES string of the molecule is CCN(C)CCNC(N)=NCc1ccc(OC(F)(F)F)cc1.I. The smallest absolute Gasteiger partial charge is 0.406 e. The normalized spacial score (nSPS) is 12.0. The average molecular weight is 446 g/mol. The second-order valence-corrected chi connectivity index (χ2v) is 4.72. The molecule has 0 bridgehead atoms. The van der Waals surface area contributed by atoms with Crippen LogP contribution in [0.15, 0.2) is 29.3 Å². The largest absolute Gasteiger partial charge is 0.573 e. The number of aliphatic imine (C=N–C) groups is 1. The molecule has 0 saturated heterocycles. The first-order valence-corrected chi connectivity index (χ1v) is 6.87. The molecule has 5 nitrogen and oxygen atoms in total. The first-order chi connectivity index (χ1) is 10.3. The number of nitrogens with two attached hydrogens (primary N) is 1. The summed E-state index contributed by atoms with van der Waals surface area (Å²) in [5.41, 5.74) is 6.45. The summed E-state index contributed by atoms with van der Waals surface area (Å²) in [5.74, 6) is 0.0500. The fourth-order valence-electron chi connectivity index (χ4n) is 1.56. The number of ether oxygens (including phenoxy) is 1. The molecule has 0 aliphatic carbocycles. The Balaban J connectivity index is 0.00000484. The summed E-state index contributed by atoms with van der Waals surface area (Å²) >= 11 is 0. The van der Waals surface area contributed by atoms with E-state index in [1.54, 1.807) is 0 Å². The third-order valence-electron chi connectivity index (χ3n) is 2.93. The Hall–Kier alpha value is -1.23. The van der Waals surface area contributed by atoms with Gasteiger partial charge in [-0.25, -0.2) is 4.99 Å². The molecule has 1 rings (SSSR count). The van der Waals surface area contributed by atoms with Gasteiger partial charge in [0.15, 0.2) is 5.96 Å². The molecular formula is C14H22F3IN4O. The Bertz CT molecular complexity index is 480. The number of nitrogens with one attached hydrogen (secondary N) is 1. The fraction of sp³-hybridized carbons (Fsp3) is 0.500. The predicted molar refractivity (Wildman–Crippen MR) is 95.0 cm³/mol. The van der Waals surface area contributed by atoms with E-state index in [0.29, 0.717) is 12.5 Å². The number of alkyl halides is 3. The van der Waals surface area contributed by atoms with Crippen molar-refractivity contribution in [2.75, 3.05) is 26.7 Å². The molecule has 0 aromatic heterocycles. The van der Waals surface area contributed by atoms with E-state index in [0.717, 1.165) is 18.7 Å². The predicted octanol–water partition coefficient (Wildman–Crippen LogP) is 2.56. The quantitative estimate of drug-likeness (QED) is 0.384. The molecule has 9 heteroatoms. The van der Waals surface area contributed by atoms with Crippen molar-refractivity contribution < 1.29 is 17.9 Å². The van der Waals surface area contributed by atoms with Crippen LogP contribution in [0.3, 0.4) is 0 Å². The molecule has 0 aliphatic heterocycles. The van der Waals surface area contributed by atoms with Crippen LogP contribution in [0.2, 0.25) is 0 Å². The van der Waals surface area contributed by atoms with E-state index < -0.39 is 6.36 Å². The van der Waals surface area contributed by atoms with Gasteiger partial charge < -0.3 is 20.7 Å². The third kappa shape index (κ3) is 10.2. The van der Waals surface area contributed by atoms with Gasteiger partial charge in [-0.15, -0.1) is 37.1 Å². The van der Waals surface area contributed by atoms with E-state index >= 15 is 0 Å². The van der Waals surface area contributed by atoms with Crippen molar-refractivity contribution in [3.05, 3.63) is 29.8 Å². The van der Waals surface area contributed by atoms with E-state index in [-0.39, 0.29) is 36.3 Å². The van der Waals surface area contributed by atoms with Crippen molar-refractivity contribution in [1.29, 1.82) is 0 Å². The Morgan fingerprint density at radius 2 is 1.91 bits per heavy atom. The first kappa shape index (κ1) is 21.8. The molecule has 1 aromatic carbocycles. The van der Waals surface area contributed by atoms with E-state index in [2.05, 4.69) is 26.9 Å². The maximum Gasteiger partial charge on any atom is 0.573 e. The minimum Gasteiger partial charge on any atom is -0.406 e. The Morgan fingerprint density at radius 3 is 2.43 bits per heavy atom. The number of likely N-dealkylation sites (N-methyl/N-ethyl adjacent to an activating group) is 1. The monoisotopic (exact) mass is 446 g/mol. The highest BCUT2D eigenvalue weighted by Gasteiger charge is 2.30. The zero-order valence-electron chi connectivity index (χ0n) is 13.1. The van der Waals surface area contributed by atoms with E-state index in [4.69, 9.17) is 5.73 Å². The molecule has 0 saturated carbocycles. The molecule has 0 fully saturated rings. The van der Waals surface area contributed by atoms with Crippen molar-refractivity contribution in [2.24, 2.45) is 10.7 Å². The van der Waals surface area contributed by atoms with Crippen molar-refractivity contribution in [3.8, 4) is 5.75 Å². The summed E-state index contributed by atoms with van der Waals surface area (Å²) in [7, 11) is 2.00. The number of benzene rings is 1. The summed E-state index contributed by atoms with van der Waals surface area (Å²) in [6.07, 6.45) is -4.68. The molecule has 0 aliphatic rings. The van der Waals surface area contributed by atoms with Gasteiger partial charge in [-0.05, 0) is 31.3 Å². The van der Waals surface area contributed by atoms with Gasteiger partial charge in [-0.1, -0.05) is 19.1 Å². The zero-order chi connectivity index (χ0) is 16.6. The van der Waals surface area contributed by atoms with Crippen LogP contribution in [0, 0.1) is 0 Å². The van der Waals surface area contributed by atoms with E-state index in [1.165, 1.54) is 24.3 Å². The van der Waals surface area contributed by atoms with Crippen LogP contribution in [-0.2, 0) is 6.54 Å². The molecule has 0 unspecified atom stereocenters. The lowest BCUT2D eigenvalue weighted by molar-refractivity contribution is -0.274. The first-order valence-electron chi connectivity index (χ1n) is 6.87. The minimum absolute atomic E-state index is 0. The number of halogens is 4. The Kier molecular flexibility index (Phi) is 9.96. The summed E-state index contributed by atoms with van der Waals surface area (Å²) in [6.45, 7) is 4.82. The molecule has 0 radical (unpaired) electrons. The number of rotatable bonds is 7. The maximum atomic E-state index is 12.0. The highest BCUT2D eigenvalue weighted by Crippen LogP contribution is 2.22.